The third kappa shape index (κ3) is 2.14. The first kappa shape index (κ1) is 9.70. The fourth-order valence-electron chi connectivity index (χ4n) is 2.32. The van der Waals surface area contributed by atoms with E-state index >= 15 is 0 Å². The average Bonchev–Trinajstić information content (AvgIpc) is 2.30. The largest absolute Gasteiger partial charge is 0.261 e. The molecule has 1 fully saturated rings. The molecule has 0 saturated heterocycles. The van der Waals surface area contributed by atoms with Gasteiger partial charge >= 0.3 is 0 Å². The lowest BCUT2D eigenvalue weighted by Crippen LogP contribution is -2.05. The quantitative estimate of drug-likeness (QED) is 0.691. The molecule has 0 aromatic carbocycles. The van der Waals surface area contributed by atoms with Gasteiger partial charge < -0.3 is 0 Å². The fourth-order valence-corrected chi connectivity index (χ4v) is 2.32. The Balaban J connectivity index is 2.07. The van der Waals surface area contributed by atoms with E-state index in [4.69, 9.17) is 0 Å². The summed E-state index contributed by atoms with van der Waals surface area (Å²) in [5.74, 6) is 0.794. The maximum Gasteiger partial charge on any atom is 0.0401 e. The molecule has 1 nitrogen and oxygen atoms in total. The van der Waals surface area contributed by atoms with Crippen LogP contribution in [-0.2, 0) is 6.42 Å². The van der Waals surface area contributed by atoms with Gasteiger partial charge in [-0.3, -0.25) is 4.98 Å². The summed E-state index contributed by atoms with van der Waals surface area (Å²) in [6, 6.07) is 4.46. The van der Waals surface area contributed by atoms with Crippen molar-refractivity contribution in [3.8, 4) is 0 Å². The molecule has 1 aliphatic carbocycles. The summed E-state index contributed by atoms with van der Waals surface area (Å²) < 4.78 is 0. The summed E-state index contributed by atoms with van der Waals surface area (Å²) in [7, 11) is 0. The van der Waals surface area contributed by atoms with Crippen LogP contribution in [0.15, 0.2) is 18.3 Å². The van der Waals surface area contributed by atoms with Crippen molar-refractivity contribution in [1.82, 2.24) is 4.98 Å². The van der Waals surface area contributed by atoms with Gasteiger partial charge in [-0.1, -0.05) is 32.3 Å². The predicted molar refractivity (Wildman–Crippen MR) is 59.4 cm³/mol. The summed E-state index contributed by atoms with van der Waals surface area (Å²) in [6.07, 6.45) is 10.1. The Hall–Kier alpha value is -0.850. The third-order valence-electron chi connectivity index (χ3n) is 3.29. The molecule has 1 aliphatic rings. The van der Waals surface area contributed by atoms with Crippen LogP contribution in [0.4, 0.5) is 0 Å². The van der Waals surface area contributed by atoms with Gasteiger partial charge in [0.15, 0.2) is 0 Å². The zero-order valence-corrected chi connectivity index (χ0v) is 9.00. The van der Waals surface area contributed by atoms with E-state index < -0.39 is 0 Å². The highest BCUT2D eigenvalue weighted by molar-refractivity contribution is 5.18. The van der Waals surface area contributed by atoms with Gasteiger partial charge in [0.05, 0.1) is 0 Å². The third-order valence-corrected chi connectivity index (χ3v) is 3.29. The van der Waals surface area contributed by atoms with Crippen molar-refractivity contribution in [3.63, 3.8) is 0 Å². The van der Waals surface area contributed by atoms with Gasteiger partial charge in [0.25, 0.3) is 0 Å². The summed E-state index contributed by atoms with van der Waals surface area (Å²) >= 11 is 0. The molecule has 0 amide bonds. The lowest BCUT2D eigenvalue weighted by atomic mass is 9.85. The first-order valence-corrected chi connectivity index (χ1v) is 5.85. The van der Waals surface area contributed by atoms with E-state index in [1.165, 1.54) is 43.4 Å². The number of pyridine rings is 1. The van der Waals surface area contributed by atoms with Gasteiger partial charge in [-0.15, -0.1) is 0 Å². The maximum atomic E-state index is 4.47. The van der Waals surface area contributed by atoms with Gasteiger partial charge in [0, 0.05) is 11.9 Å². The van der Waals surface area contributed by atoms with Crippen LogP contribution in [0.5, 0.6) is 0 Å². The van der Waals surface area contributed by atoms with Crippen LogP contribution in [-0.4, -0.2) is 4.98 Å². The van der Waals surface area contributed by atoms with Crippen molar-refractivity contribution >= 4 is 0 Å². The summed E-state index contributed by atoms with van der Waals surface area (Å²) in [5, 5.41) is 0. The Morgan fingerprint density at radius 1 is 1.21 bits per heavy atom. The molecular formula is C13H19N. The van der Waals surface area contributed by atoms with Crippen LogP contribution in [0.3, 0.4) is 0 Å². The Labute approximate surface area is 86.6 Å². The van der Waals surface area contributed by atoms with Crippen molar-refractivity contribution in [2.75, 3.05) is 0 Å². The number of aryl methyl sites for hydroxylation is 1. The molecule has 0 N–H and O–H groups in total. The predicted octanol–water partition coefficient (Wildman–Crippen LogP) is 3.69. The monoisotopic (exact) mass is 189 g/mol. The second-order valence-electron chi connectivity index (χ2n) is 4.27. The van der Waals surface area contributed by atoms with E-state index in [-0.39, 0.29) is 0 Å². The van der Waals surface area contributed by atoms with Crippen molar-refractivity contribution in [3.05, 3.63) is 29.6 Å². The van der Waals surface area contributed by atoms with Gasteiger partial charge in [-0.2, -0.15) is 0 Å². The van der Waals surface area contributed by atoms with Crippen LogP contribution in [0.25, 0.3) is 0 Å². The van der Waals surface area contributed by atoms with Gasteiger partial charge in [-0.05, 0) is 36.8 Å². The minimum atomic E-state index is 0.794. The van der Waals surface area contributed by atoms with E-state index in [9.17, 15) is 0 Å². The Morgan fingerprint density at radius 2 is 2.00 bits per heavy atom. The van der Waals surface area contributed by atoms with Crippen molar-refractivity contribution < 1.29 is 0 Å². The zero-order chi connectivity index (χ0) is 9.80. The van der Waals surface area contributed by atoms with Crippen LogP contribution in [0.2, 0.25) is 0 Å². The van der Waals surface area contributed by atoms with Crippen molar-refractivity contribution in [2.45, 2.75) is 51.4 Å². The zero-order valence-electron chi connectivity index (χ0n) is 9.00. The number of hydrogen-bond acceptors (Lipinski definition) is 1. The van der Waals surface area contributed by atoms with Crippen molar-refractivity contribution in [2.24, 2.45) is 0 Å². The molecule has 0 spiro atoms. The van der Waals surface area contributed by atoms with E-state index in [1.807, 2.05) is 0 Å². The molecule has 0 bridgehead atoms. The Morgan fingerprint density at radius 3 is 2.57 bits per heavy atom. The molecule has 1 heteroatoms. The molecule has 0 atom stereocenters. The van der Waals surface area contributed by atoms with E-state index in [0.29, 0.717) is 0 Å². The lowest BCUT2D eigenvalue weighted by molar-refractivity contribution is 0.443. The highest BCUT2D eigenvalue weighted by Gasteiger charge is 2.15. The minimum absolute atomic E-state index is 0.794. The summed E-state index contributed by atoms with van der Waals surface area (Å²) in [5.41, 5.74) is 2.67. The highest BCUT2D eigenvalue weighted by atomic mass is 14.7. The molecule has 1 aromatic rings. The van der Waals surface area contributed by atoms with Crippen LogP contribution in [0.1, 0.15) is 56.2 Å². The summed E-state index contributed by atoms with van der Waals surface area (Å²) in [4.78, 5) is 4.47. The second-order valence-corrected chi connectivity index (χ2v) is 4.27. The molecule has 76 valence electrons. The molecule has 14 heavy (non-hydrogen) atoms. The standard InChI is InChI=1S/C13H19N/c1-2-13-9-8-12(10-14-13)11-6-4-3-5-7-11/h8-11H,2-7H2,1H3. The minimum Gasteiger partial charge on any atom is -0.261 e. The number of aromatic nitrogens is 1. The SMILES string of the molecule is CCc1ccc(C2CCCCC2)cn1. The number of hydrogen-bond donors (Lipinski definition) is 0. The van der Waals surface area contributed by atoms with E-state index in [2.05, 4.69) is 30.2 Å². The fraction of sp³-hybridized carbons (Fsp3) is 0.615. The van der Waals surface area contributed by atoms with Crippen LogP contribution < -0.4 is 0 Å². The Kier molecular flexibility index (Phi) is 3.18. The van der Waals surface area contributed by atoms with Crippen LogP contribution >= 0.6 is 0 Å². The molecule has 1 aromatic heterocycles. The molecule has 2 rings (SSSR count). The number of rotatable bonds is 2. The lowest BCUT2D eigenvalue weighted by Gasteiger charge is -2.21. The molecule has 1 saturated carbocycles. The smallest absolute Gasteiger partial charge is 0.0401 e. The highest BCUT2D eigenvalue weighted by Crippen LogP contribution is 2.32. The van der Waals surface area contributed by atoms with Gasteiger partial charge in [0.1, 0.15) is 0 Å². The average molecular weight is 189 g/mol. The second kappa shape index (κ2) is 4.59. The van der Waals surface area contributed by atoms with E-state index in [1.54, 1.807) is 0 Å². The molecule has 0 unspecified atom stereocenters. The molecule has 0 radical (unpaired) electrons. The topological polar surface area (TPSA) is 12.9 Å². The normalized spacial score (nSPS) is 18.4. The van der Waals surface area contributed by atoms with Crippen LogP contribution in [0, 0.1) is 0 Å². The molecule has 0 aliphatic heterocycles. The summed E-state index contributed by atoms with van der Waals surface area (Å²) in [6.45, 7) is 2.16. The first-order chi connectivity index (χ1) is 6.90. The first-order valence-electron chi connectivity index (χ1n) is 5.85. The van der Waals surface area contributed by atoms with Crippen molar-refractivity contribution in [1.29, 1.82) is 0 Å². The number of nitrogens with zero attached hydrogens (tertiary/aromatic N) is 1. The Bertz CT molecular complexity index is 270. The maximum absolute atomic E-state index is 4.47. The van der Waals surface area contributed by atoms with Gasteiger partial charge in [-0.25, -0.2) is 0 Å². The molecular weight excluding hydrogens is 170 g/mol. The molecule has 1 heterocycles. The van der Waals surface area contributed by atoms with E-state index in [0.717, 1.165) is 12.3 Å². The van der Waals surface area contributed by atoms with Gasteiger partial charge in [0.2, 0.25) is 0 Å².